The minimum atomic E-state index is -0.267. The topological polar surface area (TPSA) is 68.5 Å². The molecule has 28 heavy (non-hydrogen) atoms. The van der Waals surface area contributed by atoms with Crippen LogP contribution < -0.4 is 4.74 Å². The summed E-state index contributed by atoms with van der Waals surface area (Å²) >= 11 is 0. The van der Waals surface area contributed by atoms with Gasteiger partial charge in [-0.15, -0.1) is 0 Å². The predicted molar refractivity (Wildman–Crippen MR) is 105 cm³/mol. The molecular weight excluding hydrogens is 354 g/mol. The minimum absolute atomic E-state index is 0.205. The Morgan fingerprint density at radius 2 is 2.00 bits per heavy atom. The summed E-state index contributed by atoms with van der Waals surface area (Å²) in [5, 5.41) is 4.23. The second kappa shape index (κ2) is 8.33. The first-order valence-corrected chi connectivity index (χ1v) is 10.4. The zero-order valence-electron chi connectivity index (χ0n) is 16.6. The molecule has 2 heterocycles. The molecule has 0 N–H and O–H groups in total. The van der Waals surface area contributed by atoms with Gasteiger partial charge in [0.1, 0.15) is 5.75 Å². The number of likely N-dealkylation sites (tertiary alicyclic amines) is 1. The van der Waals surface area contributed by atoms with Crippen LogP contribution >= 0.6 is 0 Å². The summed E-state index contributed by atoms with van der Waals surface area (Å²) in [4.78, 5) is 19.6. The third kappa shape index (κ3) is 4.21. The number of amides is 1. The van der Waals surface area contributed by atoms with E-state index in [1.807, 2.05) is 35.2 Å². The molecule has 1 aromatic heterocycles. The Kier molecular flexibility index (Phi) is 5.64. The number of nitrogens with zero attached hydrogens (tertiary/aromatic N) is 3. The second-order valence-electron chi connectivity index (χ2n) is 8.37. The van der Waals surface area contributed by atoms with Crippen molar-refractivity contribution >= 4 is 5.91 Å². The molecule has 1 aromatic carbocycles. The molecule has 1 saturated heterocycles. The summed E-state index contributed by atoms with van der Waals surface area (Å²) in [7, 11) is 0. The van der Waals surface area contributed by atoms with Gasteiger partial charge < -0.3 is 14.2 Å². The van der Waals surface area contributed by atoms with E-state index in [1.54, 1.807) is 0 Å². The van der Waals surface area contributed by atoms with E-state index in [0.717, 1.165) is 38.0 Å². The third-order valence-corrected chi connectivity index (χ3v) is 6.08. The molecule has 1 saturated carbocycles. The molecule has 2 aromatic rings. The Morgan fingerprint density at radius 3 is 2.79 bits per heavy atom. The smallest absolute Gasteiger partial charge is 0.264 e. The molecule has 0 radical (unpaired) electrons. The lowest BCUT2D eigenvalue weighted by molar-refractivity contribution is -0.138. The van der Waals surface area contributed by atoms with E-state index in [0.29, 0.717) is 24.2 Å². The number of hydrogen-bond acceptors (Lipinski definition) is 5. The Bertz CT molecular complexity index is 785. The molecule has 2 aliphatic rings. The fraction of sp³-hybridized carbons (Fsp3) is 0.591. The van der Waals surface area contributed by atoms with Crippen molar-refractivity contribution in [3.05, 3.63) is 42.0 Å². The number of piperidine rings is 1. The summed E-state index contributed by atoms with van der Waals surface area (Å²) < 4.78 is 11.1. The Morgan fingerprint density at radius 1 is 1.21 bits per heavy atom. The highest BCUT2D eigenvalue weighted by atomic mass is 16.5. The van der Waals surface area contributed by atoms with Crippen molar-refractivity contribution in [3.8, 4) is 5.75 Å². The van der Waals surface area contributed by atoms with Gasteiger partial charge in [0.05, 0.1) is 0 Å². The zero-order valence-corrected chi connectivity index (χ0v) is 16.6. The molecule has 6 heteroatoms. The number of benzene rings is 1. The van der Waals surface area contributed by atoms with Gasteiger partial charge in [-0.25, -0.2) is 0 Å². The van der Waals surface area contributed by atoms with Gasteiger partial charge in [0.15, 0.2) is 12.4 Å². The summed E-state index contributed by atoms with van der Waals surface area (Å²) in [6.45, 7) is 3.89. The first-order chi connectivity index (χ1) is 13.6. The maximum absolute atomic E-state index is 13.0. The van der Waals surface area contributed by atoms with Crippen LogP contribution in [0.1, 0.15) is 63.6 Å². The highest BCUT2D eigenvalue weighted by Crippen LogP contribution is 2.34. The van der Waals surface area contributed by atoms with Crippen LogP contribution in [-0.4, -0.2) is 34.0 Å². The van der Waals surface area contributed by atoms with Crippen molar-refractivity contribution in [1.29, 1.82) is 0 Å². The van der Waals surface area contributed by atoms with E-state index in [4.69, 9.17) is 9.26 Å². The van der Waals surface area contributed by atoms with Gasteiger partial charge in [0, 0.05) is 24.4 Å². The summed E-state index contributed by atoms with van der Waals surface area (Å²) in [6.07, 6.45) is 7.62. The van der Waals surface area contributed by atoms with Crippen LogP contribution in [0, 0.1) is 5.92 Å². The lowest BCUT2D eigenvalue weighted by Crippen LogP contribution is -2.49. The number of para-hydroxylation sites is 1. The summed E-state index contributed by atoms with van der Waals surface area (Å²) in [5.74, 6) is 2.45. The first-order valence-electron chi connectivity index (χ1n) is 10.4. The largest absolute Gasteiger partial charge is 0.484 e. The molecule has 150 valence electrons. The molecule has 0 spiro atoms. The molecular formula is C22H29N3O3. The van der Waals surface area contributed by atoms with Crippen molar-refractivity contribution in [2.75, 3.05) is 13.1 Å². The highest BCUT2D eigenvalue weighted by molar-refractivity contribution is 5.79. The van der Waals surface area contributed by atoms with Gasteiger partial charge in [-0.2, -0.15) is 4.98 Å². The Hall–Kier alpha value is -2.37. The average Bonchev–Trinajstić information content (AvgIpc) is 3.23. The van der Waals surface area contributed by atoms with Crippen molar-refractivity contribution in [3.63, 3.8) is 0 Å². The molecule has 2 fully saturated rings. The van der Waals surface area contributed by atoms with E-state index in [9.17, 15) is 4.79 Å². The summed E-state index contributed by atoms with van der Waals surface area (Å²) in [6, 6.07) is 9.59. The van der Waals surface area contributed by atoms with Gasteiger partial charge in [-0.3, -0.25) is 4.79 Å². The highest BCUT2D eigenvalue weighted by Gasteiger charge is 2.40. The third-order valence-electron chi connectivity index (χ3n) is 6.08. The van der Waals surface area contributed by atoms with Crippen LogP contribution in [0.3, 0.4) is 0 Å². The molecule has 1 aliphatic carbocycles. The quantitative estimate of drug-likeness (QED) is 0.777. The van der Waals surface area contributed by atoms with E-state index in [2.05, 4.69) is 17.1 Å². The standard InChI is InChI=1S/C22H29N3O3/c1-22(13-8-14-25(16-22)20(26)17-9-4-2-5-10-17)21-23-19(28-24-21)15-27-18-11-6-3-7-12-18/h3,6-7,11-12,17H,2,4-5,8-10,13-16H2,1H3. The fourth-order valence-corrected chi connectivity index (χ4v) is 4.44. The molecule has 1 atom stereocenters. The van der Waals surface area contributed by atoms with Gasteiger partial charge in [0.2, 0.25) is 5.91 Å². The van der Waals surface area contributed by atoms with Crippen LogP contribution in [0.5, 0.6) is 5.75 Å². The van der Waals surface area contributed by atoms with Crippen molar-refractivity contribution in [2.24, 2.45) is 5.92 Å². The lowest BCUT2D eigenvalue weighted by Gasteiger charge is -2.40. The van der Waals surface area contributed by atoms with Crippen molar-refractivity contribution in [1.82, 2.24) is 15.0 Å². The number of rotatable bonds is 5. The Balaban J connectivity index is 1.40. The Labute approximate surface area is 166 Å². The number of ether oxygens (including phenoxy) is 1. The van der Waals surface area contributed by atoms with E-state index in [-0.39, 0.29) is 17.9 Å². The van der Waals surface area contributed by atoms with Gasteiger partial charge in [0.25, 0.3) is 5.89 Å². The van der Waals surface area contributed by atoms with Gasteiger partial charge in [-0.05, 0) is 37.8 Å². The molecule has 1 unspecified atom stereocenters. The first kappa shape index (κ1) is 19.0. The van der Waals surface area contributed by atoms with Crippen molar-refractivity contribution in [2.45, 2.75) is 63.9 Å². The van der Waals surface area contributed by atoms with Crippen molar-refractivity contribution < 1.29 is 14.1 Å². The predicted octanol–water partition coefficient (Wildman–Crippen LogP) is 4.11. The van der Waals surface area contributed by atoms with Crippen LogP contribution in [0.2, 0.25) is 0 Å². The molecule has 6 nitrogen and oxygen atoms in total. The summed E-state index contributed by atoms with van der Waals surface area (Å²) in [5.41, 5.74) is -0.267. The van der Waals surface area contributed by atoms with E-state index >= 15 is 0 Å². The number of hydrogen-bond donors (Lipinski definition) is 0. The van der Waals surface area contributed by atoms with E-state index < -0.39 is 0 Å². The average molecular weight is 383 g/mol. The van der Waals surface area contributed by atoms with Crippen LogP contribution in [-0.2, 0) is 16.8 Å². The SMILES string of the molecule is CC1(c2noc(COc3ccccc3)n2)CCCN(C(=O)C2CCCCC2)C1. The second-order valence-corrected chi connectivity index (χ2v) is 8.37. The molecule has 4 rings (SSSR count). The number of carbonyl (C=O) groups excluding carboxylic acids is 1. The maximum Gasteiger partial charge on any atom is 0.264 e. The normalized spacial score (nSPS) is 23.5. The number of aromatic nitrogens is 2. The van der Waals surface area contributed by atoms with Gasteiger partial charge in [-0.1, -0.05) is 49.5 Å². The fourth-order valence-electron chi connectivity index (χ4n) is 4.44. The minimum Gasteiger partial charge on any atom is -0.484 e. The van der Waals surface area contributed by atoms with Crippen LogP contribution in [0.15, 0.2) is 34.9 Å². The maximum atomic E-state index is 13.0. The zero-order chi connectivity index (χ0) is 19.4. The van der Waals surface area contributed by atoms with Crippen LogP contribution in [0.4, 0.5) is 0 Å². The molecule has 0 bridgehead atoms. The monoisotopic (exact) mass is 383 g/mol. The van der Waals surface area contributed by atoms with Gasteiger partial charge >= 0.3 is 0 Å². The number of carbonyl (C=O) groups is 1. The van der Waals surface area contributed by atoms with Crippen LogP contribution in [0.25, 0.3) is 0 Å². The molecule has 1 aliphatic heterocycles. The lowest BCUT2D eigenvalue weighted by atomic mass is 9.80. The van der Waals surface area contributed by atoms with E-state index in [1.165, 1.54) is 19.3 Å². The molecule has 1 amide bonds.